The van der Waals surface area contributed by atoms with E-state index in [4.69, 9.17) is 32.7 Å². The number of halogens is 2. The van der Waals surface area contributed by atoms with Gasteiger partial charge in [-0.3, -0.25) is 19.3 Å². The third kappa shape index (κ3) is 5.27. The molecule has 3 saturated heterocycles. The molecule has 40 heavy (non-hydrogen) atoms. The van der Waals surface area contributed by atoms with Crippen LogP contribution in [0.15, 0.2) is 30.4 Å². The van der Waals surface area contributed by atoms with E-state index in [-0.39, 0.29) is 23.8 Å². The van der Waals surface area contributed by atoms with E-state index < -0.39 is 29.6 Å². The molecule has 4 fully saturated rings. The van der Waals surface area contributed by atoms with Gasteiger partial charge in [0.2, 0.25) is 17.7 Å². The van der Waals surface area contributed by atoms with Crippen molar-refractivity contribution in [3.63, 3.8) is 0 Å². The molecule has 0 unspecified atom stereocenters. The third-order valence-electron chi connectivity index (χ3n) is 8.98. The van der Waals surface area contributed by atoms with Crippen molar-refractivity contribution >= 4 is 46.6 Å². The minimum atomic E-state index is -1.17. The van der Waals surface area contributed by atoms with E-state index in [1.165, 1.54) is 6.42 Å². The Morgan fingerprint density at radius 3 is 2.45 bits per heavy atom. The molecule has 1 spiro atoms. The quantitative estimate of drug-likeness (QED) is 0.451. The summed E-state index contributed by atoms with van der Waals surface area (Å²) in [6, 6.07) is 4.08. The smallest absolute Gasteiger partial charge is 0.246 e. The van der Waals surface area contributed by atoms with E-state index in [1.54, 1.807) is 23.1 Å². The van der Waals surface area contributed by atoms with Crippen LogP contribution in [0.5, 0.6) is 0 Å². The van der Waals surface area contributed by atoms with Crippen molar-refractivity contribution < 1.29 is 23.9 Å². The van der Waals surface area contributed by atoms with Crippen molar-refractivity contribution in [2.45, 2.75) is 62.3 Å². The number of nitrogens with one attached hydrogen (secondary N) is 2. The van der Waals surface area contributed by atoms with E-state index >= 15 is 0 Å². The number of amides is 3. The molecule has 2 N–H and O–H groups in total. The molecule has 5 atom stereocenters. The lowest BCUT2D eigenvalue weighted by molar-refractivity contribution is -0.141. The molecule has 5 aliphatic rings. The van der Waals surface area contributed by atoms with E-state index in [9.17, 15) is 14.4 Å². The van der Waals surface area contributed by atoms with Crippen LogP contribution in [-0.4, -0.2) is 90.7 Å². The maximum absolute atomic E-state index is 14.1. The number of fused-ring (bicyclic) bond motifs is 1. The van der Waals surface area contributed by atoms with Crippen molar-refractivity contribution in [3.05, 3.63) is 40.4 Å². The molecule has 3 amide bonds. The van der Waals surface area contributed by atoms with E-state index in [0.717, 1.165) is 45.3 Å². The van der Waals surface area contributed by atoms with Gasteiger partial charge in [0.15, 0.2) is 0 Å². The van der Waals surface area contributed by atoms with Gasteiger partial charge in [0.05, 0.1) is 31.2 Å². The first kappa shape index (κ1) is 28.0. The van der Waals surface area contributed by atoms with Crippen molar-refractivity contribution in [1.82, 2.24) is 15.1 Å². The van der Waals surface area contributed by atoms with Crippen LogP contribution >= 0.6 is 23.2 Å². The minimum Gasteiger partial charge on any atom is -0.379 e. The number of carbonyl (C=O) groups is 3. The molecule has 4 heterocycles. The fraction of sp³-hybridized carbons (Fsp3) is 0.621. The summed E-state index contributed by atoms with van der Waals surface area (Å²) in [7, 11) is 0. The lowest BCUT2D eigenvalue weighted by atomic mass is 9.74. The largest absolute Gasteiger partial charge is 0.379 e. The number of hydrogen-bond donors (Lipinski definition) is 2. The van der Waals surface area contributed by atoms with Crippen molar-refractivity contribution in [1.29, 1.82) is 0 Å². The predicted octanol–water partition coefficient (Wildman–Crippen LogP) is 3.25. The number of morpholine rings is 1. The summed E-state index contributed by atoms with van der Waals surface area (Å²) in [5, 5.41) is 6.90. The molecule has 1 aromatic carbocycles. The van der Waals surface area contributed by atoms with Crippen molar-refractivity contribution in [2.75, 3.05) is 44.7 Å². The van der Waals surface area contributed by atoms with Crippen LogP contribution in [0.1, 0.15) is 38.5 Å². The standard InChI is InChI=1S/C29H36Cl2N4O5/c30-18-15-19(31)17-21(16-18)33-26(36)23-22-7-8-29(40-22)24(23)28(38)35(10-4-9-34-11-13-39-14-12-34)25(29)27(37)32-20-5-2-1-3-6-20/h7-8,15-17,20,22-25H,1-6,9-14H2,(H,32,37)(H,33,36)/t22-,23-,24-,25+,29-/m0/s1. The van der Waals surface area contributed by atoms with Gasteiger partial charge >= 0.3 is 0 Å². The molecule has 11 heteroatoms. The molecule has 4 aliphatic heterocycles. The lowest BCUT2D eigenvalue weighted by Gasteiger charge is -2.34. The average molecular weight is 592 g/mol. The maximum Gasteiger partial charge on any atom is 0.246 e. The van der Waals surface area contributed by atoms with Crippen LogP contribution in [0.2, 0.25) is 10.0 Å². The first-order chi connectivity index (χ1) is 19.4. The summed E-state index contributed by atoms with van der Waals surface area (Å²) in [4.78, 5) is 45.7. The second-order valence-corrected chi connectivity index (χ2v) is 12.4. The van der Waals surface area contributed by atoms with Crippen molar-refractivity contribution in [3.8, 4) is 0 Å². The second-order valence-electron chi connectivity index (χ2n) is 11.5. The zero-order valence-electron chi connectivity index (χ0n) is 22.5. The van der Waals surface area contributed by atoms with Crippen LogP contribution < -0.4 is 10.6 Å². The van der Waals surface area contributed by atoms with E-state index in [0.29, 0.717) is 41.9 Å². The number of ether oxygens (including phenoxy) is 2. The highest BCUT2D eigenvalue weighted by atomic mass is 35.5. The minimum absolute atomic E-state index is 0.0938. The average Bonchev–Trinajstić information content (AvgIpc) is 3.57. The number of benzene rings is 1. The summed E-state index contributed by atoms with van der Waals surface area (Å²) >= 11 is 12.3. The van der Waals surface area contributed by atoms with Crippen LogP contribution in [0.25, 0.3) is 0 Å². The Bertz CT molecular complexity index is 1160. The molecule has 6 rings (SSSR count). The Hall–Kier alpha value is -2.17. The highest BCUT2D eigenvalue weighted by Crippen LogP contribution is 2.55. The number of rotatable bonds is 8. The zero-order chi connectivity index (χ0) is 27.9. The van der Waals surface area contributed by atoms with Gasteiger partial charge in [-0.1, -0.05) is 54.6 Å². The first-order valence-corrected chi connectivity index (χ1v) is 15.2. The van der Waals surface area contributed by atoms with Gasteiger partial charge in [-0.2, -0.15) is 0 Å². The number of anilines is 1. The summed E-state index contributed by atoms with van der Waals surface area (Å²) in [5.41, 5.74) is -0.726. The molecule has 216 valence electrons. The number of hydrogen-bond acceptors (Lipinski definition) is 6. The molecule has 2 bridgehead atoms. The fourth-order valence-electron chi connectivity index (χ4n) is 7.18. The van der Waals surface area contributed by atoms with Crippen LogP contribution in [0.4, 0.5) is 5.69 Å². The SMILES string of the molecule is O=C(Nc1cc(Cl)cc(Cl)c1)[C@H]1[C@@H]2C=C[C@]3(O2)[C@@H]1C(=O)N(CCCN1CCOCC1)[C@@H]3C(=O)NC1CCCCC1. The Balaban J connectivity index is 1.24. The van der Waals surface area contributed by atoms with Crippen LogP contribution in [0.3, 0.4) is 0 Å². The predicted molar refractivity (Wildman–Crippen MR) is 151 cm³/mol. The zero-order valence-corrected chi connectivity index (χ0v) is 24.0. The Morgan fingerprint density at radius 2 is 1.73 bits per heavy atom. The molecular formula is C29H36Cl2N4O5. The van der Waals surface area contributed by atoms with E-state index in [2.05, 4.69) is 15.5 Å². The van der Waals surface area contributed by atoms with E-state index in [1.807, 2.05) is 12.2 Å². The third-order valence-corrected chi connectivity index (χ3v) is 9.42. The Kier molecular flexibility index (Phi) is 8.12. The van der Waals surface area contributed by atoms with Crippen molar-refractivity contribution in [2.24, 2.45) is 11.8 Å². The van der Waals surface area contributed by atoms with Gasteiger partial charge in [-0.25, -0.2) is 0 Å². The summed E-state index contributed by atoms with van der Waals surface area (Å²) in [6.07, 6.45) is 9.02. The van der Waals surface area contributed by atoms with Gasteiger partial charge in [-0.15, -0.1) is 0 Å². The first-order valence-electron chi connectivity index (χ1n) is 14.4. The summed E-state index contributed by atoms with van der Waals surface area (Å²) in [6.45, 7) is 4.34. The van der Waals surface area contributed by atoms with Gasteiger partial charge in [-0.05, 0) is 37.5 Å². The number of nitrogens with zero attached hydrogens (tertiary/aromatic N) is 2. The Labute approximate surface area is 244 Å². The highest BCUT2D eigenvalue weighted by Gasteiger charge is 2.72. The van der Waals surface area contributed by atoms with Crippen LogP contribution in [-0.2, 0) is 23.9 Å². The molecule has 1 aliphatic carbocycles. The highest BCUT2D eigenvalue weighted by molar-refractivity contribution is 6.35. The molecule has 1 saturated carbocycles. The summed E-state index contributed by atoms with van der Waals surface area (Å²) in [5.74, 6) is -2.31. The molecule has 1 aromatic rings. The Morgan fingerprint density at radius 1 is 1.00 bits per heavy atom. The van der Waals surface area contributed by atoms with Gasteiger partial charge < -0.3 is 25.0 Å². The molecule has 9 nitrogen and oxygen atoms in total. The van der Waals surface area contributed by atoms with Gasteiger partial charge in [0.1, 0.15) is 11.6 Å². The van der Waals surface area contributed by atoms with Crippen LogP contribution in [0, 0.1) is 11.8 Å². The van der Waals surface area contributed by atoms with Gasteiger partial charge in [0.25, 0.3) is 0 Å². The topological polar surface area (TPSA) is 100 Å². The normalized spacial score (nSPS) is 31.9. The molecule has 0 aromatic heterocycles. The number of likely N-dealkylation sites (tertiary alicyclic amines) is 1. The monoisotopic (exact) mass is 590 g/mol. The summed E-state index contributed by atoms with van der Waals surface area (Å²) < 4.78 is 11.9. The number of carbonyl (C=O) groups excluding carboxylic acids is 3. The fourth-order valence-corrected chi connectivity index (χ4v) is 7.70. The maximum atomic E-state index is 14.1. The molecular weight excluding hydrogens is 555 g/mol. The molecule has 0 radical (unpaired) electrons. The van der Waals surface area contributed by atoms with Gasteiger partial charge in [0, 0.05) is 48.0 Å². The lowest BCUT2D eigenvalue weighted by Crippen LogP contribution is -2.56. The second kappa shape index (κ2) is 11.6.